The van der Waals surface area contributed by atoms with E-state index in [1.807, 2.05) is 6.92 Å². The summed E-state index contributed by atoms with van der Waals surface area (Å²) in [6, 6.07) is 0. The molecule has 0 bridgehead atoms. The van der Waals surface area contributed by atoms with Crippen molar-refractivity contribution in [1.82, 2.24) is 5.39 Å². The average Bonchev–Trinajstić information content (AvgIpc) is 2.67. The Hall–Kier alpha value is -0.570. The van der Waals surface area contributed by atoms with Crippen LogP contribution in [0.3, 0.4) is 0 Å². The summed E-state index contributed by atoms with van der Waals surface area (Å²) in [5, 5.41) is 17.0. The number of carbonyl (C=O) groups is 1. The third-order valence-corrected chi connectivity index (χ3v) is 3.02. The van der Waals surface area contributed by atoms with Gasteiger partial charge in [-0.05, 0) is 26.7 Å². The van der Waals surface area contributed by atoms with E-state index in [1.54, 1.807) is 0 Å². The van der Waals surface area contributed by atoms with Gasteiger partial charge in [-0.3, -0.25) is 15.2 Å². The van der Waals surface area contributed by atoms with Crippen LogP contribution in [0.2, 0.25) is 0 Å². The molecular formula is C11H21NO6. The van der Waals surface area contributed by atoms with Gasteiger partial charge in [-0.2, -0.15) is 0 Å². The molecule has 0 saturated heterocycles. The van der Waals surface area contributed by atoms with Crippen molar-refractivity contribution in [3.63, 3.8) is 0 Å². The molecule has 2 N–H and O–H groups in total. The molecule has 0 unspecified atom stereocenters. The second kappa shape index (κ2) is 7.78. The van der Waals surface area contributed by atoms with Crippen LogP contribution in [-0.2, 0) is 19.1 Å². The predicted molar refractivity (Wildman–Crippen MR) is 59.9 cm³/mol. The average molecular weight is 263 g/mol. The van der Waals surface area contributed by atoms with Crippen molar-refractivity contribution in [1.29, 1.82) is 0 Å². The molecule has 1 rings (SSSR count). The van der Waals surface area contributed by atoms with Crippen LogP contribution < -0.4 is 0 Å². The molecule has 0 aromatic rings. The van der Waals surface area contributed by atoms with E-state index in [9.17, 15) is 4.79 Å². The number of hydrogen-bond acceptors (Lipinski definition) is 7. The molecule has 106 valence electrons. The molecule has 0 radical (unpaired) electrons. The maximum Gasteiger partial charge on any atom is 0.133 e. The first kappa shape index (κ1) is 15.5. The number of rotatable bonds is 8. The van der Waals surface area contributed by atoms with Crippen LogP contribution in [0, 0.1) is 5.92 Å². The Labute approximate surface area is 106 Å². The van der Waals surface area contributed by atoms with Gasteiger partial charge in [0.2, 0.25) is 0 Å². The lowest BCUT2D eigenvalue weighted by molar-refractivity contribution is -0.508. The highest BCUT2D eigenvalue weighted by Gasteiger charge is 2.39. The van der Waals surface area contributed by atoms with Crippen LogP contribution in [0.15, 0.2) is 0 Å². The highest BCUT2D eigenvalue weighted by molar-refractivity contribution is 5.78. The second-order valence-corrected chi connectivity index (χ2v) is 4.28. The van der Waals surface area contributed by atoms with E-state index >= 15 is 0 Å². The van der Waals surface area contributed by atoms with Crippen LogP contribution in [-0.4, -0.2) is 53.6 Å². The molecule has 0 spiro atoms. The topological polar surface area (TPSA) is 88.5 Å². The van der Waals surface area contributed by atoms with Gasteiger partial charge in [0.05, 0.1) is 24.7 Å². The second-order valence-electron chi connectivity index (χ2n) is 4.28. The van der Waals surface area contributed by atoms with Crippen LogP contribution in [0.25, 0.3) is 0 Å². The van der Waals surface area contributed by atoms with E-state index < -0.39 is 6.10 Å². The molecule has 18 heavy (non-hydrogen) atoms. The van der Waals surface area contributed by atoms with Gasteiger partial charge in [0.25, 0.3) is 0 Å². The van der Waals surface area contributed by atoms with Gasteiger partial charge in [0.15, 0.2) is 0 Å². The fraction of sp³-hybridized carbons (Fsp3) is 0.909. The normalized spacial score (nSPS) is 27.9. The van der Waals surface area contributed by atoms with Crippen LogP contribution in [0.4, 0.5) is 0 Å². The molecule has 1 saturated carbocycles. The van der Waals surface area contributed by atoms with Gasteiger partial charge in [0, 0.05) is 12.5 Å². The minimum absolute atomic E-state index is 0.0573. The molecule has 7 heteroatoms. The summed E-state index contributed by atoms with van der Waals surface area (Å²) in [7, 11) is 0. The largest absolute Gasteiger partial charge is 0.379 e. The number of Topliss-reactive ketones (excluding diaryl/α,β-unsaturated/α-hetero) is 1. The van der Waals surface area contributed by atoms with Gasteiger partial charge in [-0.1, -0.05) is 0 Å². The molecule has 1 fully saturated rings. The minimum Gasteiger partial charge on any atom is -0.379 e. The zero-order valence-electron chi connectivity index (χ0n) is 10.7. The van der Waals surface area contributed by atoms with Crippen molar-refractivity contribution in [2.45, 2.75) is 38.9 Å². The summed E-state index contributed by atoms with van der Waals surface area (Å²) in [6.45, 7) is 4.87. The van der Waals surface area contributed by atoms with Crippen molar-refractivity contribution < 1.29 is 29.5 Å². The first-order valence-corrected chi connectivity index (χ1v) is 6.09. The van der Waals surface area contributed by atoms with Gasteiger partial charge in [-0.15, -0.1) is 0 Å². The lowest BCUT2D eigenvalue weighted by Crippen LogP contribution is -2.32. The summed E-state index contributed by atoms with van der Waals surface area (Å²) in [4.78, 5) is 16.1. The summed E-state index contributed by atoms with van der Waals surface area (Å²) in [5.41, 5.74) is 0. The molecule has 0 aromatic heterocycles. The fourth-order valence-electron chi connectivity index (χ4n) is 2.10. The highest BCUT2D eigenvalue weighted by Crippen LogP contribution is 2.31. The molecule has 1 aliphatic carbocycles. The van der Waals surface area contributed by atoms with Crippen molar-refractivity contribution in [3.8, 4) is 0 Å². The lowest BCUT2D eigenvalue weighted by Gasteiger charge is -2.20. The molecule has 0 aromatic carbocycles. The maximum atomic E-state index is 11.3. The molecule has 0 heterocycles. The molecule has 0 amide bonds. The number of hydrogen-bond donors (Lipinski definition) is 2. The van der Waals surface area contributed by atoms with Gasteiger partial charge in [0.1, 0.15) is 11.9 Å². The van der Waals surface area contributed by atoms with E-state index in [0.717, 1.165) is 0 Å². The lowest BCUT2D eigenvalue weighted by atomic mass is 10.0. The summed E-state index contributed by atoms with van der Waals surface area (Å²) >= 11 is 0. The fourth-order valence-corrected chi connectivity index (χ4v) is 2.10. The van der Waals surface area contributed by atoms with E-state index in [-0.39, 0.29) is 23.2 Å². The Balaban J connectivity index is 2.42. The van der Waals surface area contributed by atoms with Crippen molar-refractivity contribution >= 4 is 5.78 Å². The van der Waals surface area contributed by atoms with E-state index in [4.69, 9.17) is 24.7 Å². The number of nitrogens with zero attached hydrogens (tertiary/aromatic N) is 1. The Bertz CT molecular complexity index is 260. The van der Waals surface area contributed by atoms with Crippen LogP contribution >= 0.6 is 0 Å². The zero-order chi connectivity index (χ0) is 13.5. The van der Waals surface area contributed by atoms with Crippen molar-refractivity contribution in [2.75, 3.05) is 19.8 Å². The summed E-state index contributed by atoms with van der Waals surface area (Å²) in [5.74, 6) is -0.103. The van der Waals surface area contributed by atoms with Crippen LogP contribution in [0.1, 0.15) is 26.7 Å². The van der Waals surface area contributed by atoms with Gasteiger partial charge < -0.3 is 9.47 Å². The molecule has 1 aliphatic rings. The van der Waals surface area contributed by atoms with Gasteiger partial charge in [-0.25, -0.2) is 4.84 Å². The molecular weight excluding hydrogens is 242 g/mol. The third-order valence-electron chi connectivity index (χ3n) is 3.02. The first-order valence-electron chi connectivity index (χ1n) is 6.09. The van der Waals surface area contributed by atoms with E-state index in [0.29, 0.717) is 32.7 Å². The summed E-state index contributed by atoms with van der Waals surface area (Å²) in [6.07, 6.45) is 0.0864. The molecule has 3 atom stereocenters. The van der Waals surface area contributed by atoms with E-state index in [1.165, 1.54) is 6.92 Å². The highest BCUT2D eigenvalue weighted by atomic mass is 17.1. The van der Waals surface area contributed by atoms with Crippen molar-refractivity contribution in [2.24, 2.45) is 5.92 Å². The molecule has 0 aliphatic heterocycles. The Morgan fingerprint density at radius 2 is 1.94 bits per heavy atom. The van der Waals surface area contributed by atoms with Crippen molar-refractivity contribution in [3.05, 3.63) is 0 Å². The Morgan fingerprint density at radius 1 is 1.28 bits per heavy atom. The quantitative estimate of drug-likeness (QED) is 0.494. The molecule has 7 nitrogen and oxygen atoms in total. The Morgan fingerprint density at radius 3 is 2.50 bits per heavy atom. The number of ketones is 1. The minimum atomic E-state index is -0.532. The smallest absolute Gasteiger partial charge is 0.133 e. The number of ether oxygens (including phenoxy) is 2. The Kier molecular flexibility index (Phi) is 6.69. The summed E-state index contributed by atoms with van der Waals surface area (Å²) < 4.78 is 10.7. The SMILES string of the molecule is CCOCCO[C@H]1C[C@@H](C(C)=O)C[C@@H]1ON(O)O. The predicted octanol–water partition coefficient (Wildman–Crippen LogP) is 0.788. The van der Waals surface area contributed by atoms with Crippen LogP contribution in [0.5, 0.6) is 0 Å². The maximum absolute atomic E-state index is 11.3. The first-order chi connectivity index (χ1) is 8.54. The number of carbonyl (C=O) groups excluding carboxylic acids is 1. The van der Waals surface area contributed by atoms with E-state index in [2.05, 4.69) is 0 Å². The zero-order valence-corrected chi connectivity index (χ0v) is 10.7. The standard InChI is InChI=1S/C11H21NO6/c1-3-16-4-5-17-10-6-9(8(2)13)7-11(10)18-12(14)15/h9-11,14-15H,3-7H2,1-2H3/t9-,10+,11+/m1/s1. The third kappa shape index (κ3) is 4.97. The van der Waals surface area contributed by atoms with Gasteiger partial charge >= 0.3 is 0 Å². The monoisotopic (exact) mass is 263 g/mol.